The number of aromatic nitrogens is 1. The minimum atomic E-state index is -3.73. The number of pyridine rings is 1. The fourth-order valence-electron chi connectivity index (χ4n) is 3.90. The fourth-order valence-corrected chi connectivity index (χ4v) is 4.92. The van der Waals surface area contributed by atoms with Crippen LogP contribution in [-0.4, -0.2) is 61.6 Å². The maximum Gasteiger partial charge on any atom is 0.262 e. The van der Waals surface area contributed by atoms with Crippen LogP contribution in [0.25, 0.3) is 0 Å². The summed E-state index contributed by atoms with van der Waals surface area (Å²) in [4.78, 5) is 54.0. The summed E-state index contributed by atoms with van der Waals surface area (Å²) in [5, 5.41) is 2.16. The molecule has 11 nitrogen and oxygen atoms in total. The van der Waals surface area contributed by atoms with Gasteiger partial charge < -0.3 is 4.74 Å². The van der Waals surface area contributed by atoms with Gasteiger partial charge in [0, 0.05) is 19.0 Å². The largest absolute Gasteiger partial charge is 0.481 e. The Morgan fingerprint density at radius 1 is 1.12 bits per heavy atom. The van der Waals surface area contributed by atoms with E-state index in [1.54, 1.807) is 12.1 Å². The summed E-state index contributed by atoms with van der Waals surface area (Å²) in [7, 11) is -2.30. The monoisotopic (exact) mass is 486 g/mol. The van der Waals surface area contributed by atoms with Gasteiger partial charge in [-0.1, -0.05) is 6.07 Å². The van der Waals surface area contributed by atoms with Gasteiger partial charge in [-0.15, -0.1) is 0 Å². The van der Waals surface area contributed by atoms with Gasteiger partial charge in [-0.25, -0.2) is 18.1 Å². The van der Waals surface area contributed by atoms with Crippen molar-refractivity contribution < 1.29 is 32.3 Å². The smallest absolute Gasteiger partial charge is 0.262 e. The minimum absolute atomic E-state index is 0.0171. The van der Waals surface area contributed by atoms with Crippen LogP contribution in [0.5, 0.6) is 5.88 Å². The van der Waals surface area contributed by atoms with Crippen molar-refractivity contribution in [2.24, 2.45) is 0 Å². The van der Waals surface area contributed by atoms with Crippen LogP contribution in [-0.2, 0) is 26.0 Å². The third-order valence-corrected chi connectivity index (χ3v) is 7.11. The third kappa shape index (κ3) is 4.54. The van der Waals surface area contributed by atoms with E-state index >= 15 is 0 Å². The van der Waals surface area contributed by atoms with E-state index in [0.29, 0.717) is 18.7 Å². The molecule has 1 aromatic carbocycles. The average Bonchev–Trinajstić information content (AvgIpc) is 3.06. The minimum Gasteiger partial charge on any atom is -0.481 e. The molecular weight excluding hydrogens is 464 g/mol. The number of aryl methyl sites for hydroxylation is 1. The van der Waals surface area contributed by atoms with Crippen molar-refractivity contribution in [1.82, 2.24) is 19.9 Å². The highest BCUT2D eigenvalue weighted by Gasteiger charge is 2.44. The molecular formula is C22H22N4O7S. The topological polar surface area (TPSA) is 152 Å². The van der Waals surface area contributed by atoms with Gasteiger partial charge in [-0.3, -0.25) is 29.4 Å². The van der Waals surface area contributed by atoms with Crippen LogP contribution in [0.2, 0.25) is 0 Å². The Hall–Kier alpha value is -3.64. The highest BCUT2D eigenvalue weighted by Crippen LogP contribution is 2.28. The first kappa shape index (κ1) is 23.5. The van der Waals surface area contributed by atoms with Crippen molar-refractivity contribution in [3.63, 3.8) is 0 Å². The molecule has 12 heteroatoms. The van der Waals surface area contributed by atoms with Gasteiger partial charge >= 0.3 is 0 Å². The third-order valence-electron chi connectivity index (χ3n) is 5.67. The number of hydrogen-bond donors (Lipinski definition) is 2. The highest BCUT2D eigenvalue weighted by atomic mass is 32.2. The molecule has 0 saturated carbocycles. The van der Waals surface area contributed by atoms with E-state index in [9.17, 15) is 27.6 Å². The Morgan fingerprint density at radius 3 is 2.56 bits per heavy atom. The molecule has 4 rings (SSSR count). The molecule has 1 unspecified atom stereocenters. The molecule has 1 aromatic heterocycles. The number of hydrogen-bond acceptors (Lipinski definition) is 8. The number of nitrogens with zero attached hydrogens (tertiary/aromatic N) is 2. The van der Waals surface area contributed by atoms with Crippen LogP contribution in [0.1, 0.15) is 45.5 Å². The van der Waals surface area contributed by atoms with Crippen molar-refractivity contribution in [3.8, 4) is 5.88 Å². The number of piperidine rings is 1. The lowest BCUT2D eigenvalue weighted by atomic mass is 10.0. The molecule has 0 aliphatic carbocycles. The second-order valence-corrected chi connectivity index (χ2v) is 9.63. The normalized spacial score (nSPS) is 18.1. The van der Waals surface area contributed by atoms with Gasteiger partial charge in [-0.05, 0) is 43.0 Å². The first-order valence-electron chi connectivity index (χ1n) is 10.6. The molecule has 0 radical (unpaired) electrons. The quantitative estimate of drug-likeness (QED) is 0.402. The van der Waals surface area contributed by atoms with Crippen LogP contribution >= 0.6 is 0 Å². The van der Waals surface area contributed by atoms with Crippen molar-refractivity contribution in [2.45, 2.75) is 36.6 Å². The number of fused-ring (bicyclic) bond motifs is 1. The van der Waals surface area contributed by atoms with Gasteiger partial charge in [-0.2, -0.15) is 0 Å². The summed E-state index contributed by atoms with van der Waals surface area (Å²) in [5.74, 6) is -1.94. The summed E-state index contributed by atoms with van der Waals surface area (Å²) in [6, 6.07) is 6.64. The molecule has 2 N–H and O–H groups in total. The van der Waals surface area contributed by atoms with E-state index in [1.807, 2.05) is 0 Å². The first-order valence-corrected chi connectivity index (χ1v) is 12.0. The van der Waals surface area contributed by atoms with Crippen molar-refractivity contribution >= 4 is 33.7 Å². The molecule has 1 saturated heterocycles. The lowest BCUT2D eigenvalue weighted by Crippen LogP contribution is -2.54. The van der Waals surface area contributed by atoms with Crippen molar-refractivity contribution in [2.75, 3.05) is 13.7 Å². The Labute approximate surface area is 195 Å². The second-order valence-electron chi connectivity index (χ2n) is 7.86. The van der Waals surface area contributed by atoms with Crippen molar-refractivity contribution in [1.29, 1.82) is 0 Å². The molecule has 0 spiro atoms. The number of amides is 4. The molecule has 178 valence electrons. The van der Waals surface area contributed by atoms with Gasteiger partial charge in [0.25, 0.3) is 11.8 Å². The zero-order valence-electron chi connectivity index (χ0n) is 18.2. The van der Waals surface area contributed by atoms with E-state index < -0.39 is 39.7 Å². The van der Waals surface area contributed by atoms with E-state index in [1.165, 1.54) is 31.5 Å². The maximum atomic E-state index is 12.9. The molecule has 2 aliphatic rings. The predicted molar refractivity (Wildman–Crippen MR) is 117 cm³/mol. The SMILES string of the molecule is COc1ccc(S(=O)(=O)NCCCc2ccc3c(c2)C(=O)N(C2CCC(=O)NC2=O)C3=O)cn1. The second kappa shape index (κ2) is 9.31. The Kier molecular flexibility index (Phi) is 6.44. The Balaban J connectivity index is 1.37. The number of carbonyl (C=O) groups excluding carboxylic acids is 4. The molecule has 4 amide bonds. The Bertz CT molecular complexity index is 1270. The van der Waals surface area contributed by atoms with Gasteiger partial charge in [0.1, 0.15) is 10.9 Å². The summed E-state index contributed by atoms with van der Waals surface area (Å²) >= 11 is 0. The first-order chi connectivity index (χ1) is 16.2. The average molecular weight is 487 g/mol. The van der Waals surface area contributed by atoms with Gasteiger partial charge in [0.2, 0.25) is 27.7 Å². The maximum absolute atomic E-state index is 12.9. The lowest BCUT2D eigenvalue weighted by Gasteiger charge is -2.27. The summed E-state index contributed by atoms with van der Waals surface area (Å²) in [6.45, 7) is 0.153. The number of ether oxygens (including phenoxy) is 1. The lowest BCUT2D eigenvalue weighted by molar-refractivity contribution is -0.136. The standard InChI is InChI=1S/C22H22N4O7S/c1-33-19-9-5-14(12-23-19)34(31,32)24-10-2-3-13-4-6-15-16(11-13)22(30)26(21(15)29)17-7-8-18(27)25-20(17)28/h4-6,9,11-12,17,24H,2-3,7-8,10H2,1H3,(H,25,27,28). The van der Waals surface area contributed by atoms with E-state index in [0.717, 1.165) is 10.5 Å². The fraction of sp³-hybridized carbons (Fsp3) is 0.318. The highest BCUT2D eigenvalue weighted by molar-refractivity contribution is 7.89. The molecule has 1 fully saturated rings. The number of sulfonamides is 1. The Morgan fingerprint density at radius 2 is 1.88 bits per heavy atom. The molecule has 1 atom stereocenters. The van der Waals surface area contributed by atoms with E-state index in [-0.39, 0.29) is 35.4 Å². The number of rotatable bonds is 8. The molecule has 2 aromatic rings. The molecule has 34 heavy (non-hydrogen) atoms. The summed E-state index contributed by atoms with van der Waals surface area (Å²) in [5.41, 5.74) is 1.14. The number of nitrogens with one attached hydrogen (secondary N) is 2. The van der Waals surface area contributed by atoms with Crippen LogP contribution in [0, 0.1) is 0 Å². The van der Waals surface area contributed by atoms with Crippen molar-refractivity contribution in [3.05, 3.63) is 53.2 Å². The van der Waals surface area contributed by atoms with Crippen LogP contribution in [0.15, 0.2) is 41.4 Å². The van der Waals surface area contributed by atoms with Gasteiger partial charge in [0.15, 0.2) is 0 Å². The molecule has 2 aliphatic heterocycles. The summed E-state index contributed by atoms with van der Waals surface area (Å²) < 4.78 is 32.2. The summed E-state index contributed by atoms with van der Waals surface area (Å²) in [6.07, 6.45) is 2.25. The number of carbonyl (C=O) groups is 4. The predicted octanol–water partition coefficient (Wildman–Crippen LogP) is 0.403. The van der Waals surface area contributed by atoms with Gasteiger partial charge in [0.05, 0.1) is 24.4 Å². The van der Waals surface area contributed by atoms with E-state index in [2.05, 4.69) is 15.0 Å². The molecule has 0 bridgehead atoms. The van der Waals surface area contributed by atoms with Crippen LogP contribution < -0.4 is 14.8 Å². The molecule has 3 heterocycles. The zero-order chi connectivity index (χ0) is 24.5. The van der Waals surface area contributed by atoms with E-state index in [4.69, 9.17) is 4.74 Å². The number of benzene rings is 1. The number of methoxy groups -OCH3 is 1. The zero-order valence-corrected chi connectivity index (χ0v) is 19.1. The number of imide groups is 2. The van der Waals surface area contributed by atoms with Crippen LogP contribution in [0.3, 0.4) is 0 Å². The van der Waals surface area contributed by atoms with Crippen LogP contribution in [0.4, 0.5) is 0 Å².